The highest BCUT2D eigenvalue weighted by atomic mass is 16.5. The quantitative estimate of drug-likeness (QED) is 0.656. The van der Waals surface area contributed by atoms with Gasteiger partial charge in [0.2, 0.25) is 0 Å². The lowest BCUT2D eigenvalue weighted by molar-refractivity contribution is -0.152. The smallest absolute Gasteiger partial charge is 0.164 e. The predicted octanol–water partition coefficient (Wildman–Crippen LogP) is 2.56. The van der Waals surface area contributed by atoms with Gasteiger partial charge in [0.25, 0.3) is 0 Å². The van der Waals surface area contributed by atoms with Crippen LogP contribution >= 0.6 is 0 Å². The highest BCUT2D eigenvalue weighted by Gasteiger charge is 2.43. The topological polar surface area (TPSA) is 26.3 Å². The summed E-state index contributed by atoms with van der Waals surface area (Å²) in [5.41, 5.74) is -0.380. The van der Waals surface area contributed by atoms with Crippen molar-refractivity contribution in [2.75, 3.05) is 7.11 Å². The zero-order valence-corrected chi connectivity index (χ0v) is 8.93. The van der Waals surface area contributed by atoms with Crippen molar-refractivity contribution in [2.24, 2.45) is 5.92 Å². The zero-order chi connectivity index (χ0) is 9.90. The first-order chi connectivity index (χ1) is 6.10. The number of hydrogen-bond acceptors (Lipinski definition) is 2. The Morgan fingerprint density at radius 1 is 1.46 bits per heavy atom. The minimum absolute atomic E-state index is 0.315. The van der Waals surface area contributed by atoms with Crippen LogP contribution < -0.4 is 0 Å². The Kier molecular flexibility index (Phi) is 3.48. The zero-order valence-electron chi connectivity index (χ0n) is 8.93. The van der Waals surface area contributed by atoms with Gasteiger partial charge < -0.3 is 4.74 Å². The van der Waals surface area contributed by atoms with Gasteiger partial charge in [-0.1, -0.05) is 13.8 Å². The number of methoxy groups -OCH3 is 1. The standard InChI is InChI=1S/C11H20O2/c1-9(2)5-6-10(12)11(13-3)7-4-8-11/h9H,4-8H2,1-3H3. The van der Waals surface area contributed by atoms with Crippen LogP contribution in [0.3, 0.4) is 0 Å². The molecule has 1 aliphatic rings. The number of Topliss-reactive ketones (excluding diaryl/α,β-unsaturated/α-hetero) is 1. The van der Waals surface area contributed by atoms with E-state index in [-0.39, 0.29) is 5.60 Å². The number of ketones is 1. The van der Waals surface area contributed by atoms with E-state index in [1.807, 2.05) is 0 Å². The third-order valence-corrected chi connectivity index (χ3v) is 3.01. The molecule has 1 aliphatic carbocycles. The van der Waals surface area contributed by atoms with Crippen molar-refractivity contribution >= 4 is 5.78 Å². The molecular formula is C11H20O2. The van der Waals surface area contributed by atoms with Crippen molar-refractivity contribution < 1.29 is 9.53 Å². The molecule has 0 aromatic rings. The highest BCUT2D eigenvalue weighted by Crippen LogP contribution is 2.37. The SMILES string of the molecule is COC1(C(=O)CCC(C)C)CCC1. The second-order valence-electron chi connectivity index (χ2n) is 4.41. The molecule has 76 valence electrons. The fourth-order valence-electron chi connectivity index (χ4n) is 1.74. The normalized spacial score (nSPS) is 20.0. The van der Waals surface area contributed by atoms with Crippen LogP contribution in [0.15, 0.2) is 0 Å². The van der Waals surface area contributed by atoms with E-state index in [1.54, 1.807) is 7.11 Å². The maximum Gasteiger partial charge on any atom is 0.164 e. The van der Waals surface area contributed by atoms with Crippen LogP contribution in [0.2, 0.25) is 0 Å². The number of rotatable bonds is 5. The first kappa shape index (κ1) is 10.7. The summed E-state index contributed by atoms with van der Waals surface area (Å²) in [6, 6.07) is 0. The van der Waals surface area contributed by atoms with E-state index >= 15 is 0 Å². The molecule has 1 saturated carbocycles. The lowest BCUT2D eigenvalue weighted by atomic mass is 9.75. The molecule has 0 heterocycles. The Bertz CT molecular complexity index is 175. The fourth-order valence-corrected chi connectivity index (χ4v) is 1.74. The molecule has 0 saturated heterocycles. The Labute approximate surface area is 80.7 Å². The van der Waals surface area contributed by atoms with Crippen molar-refractivity contribution in [3.05, 3.63) is 0 Å². The molecule has 0 spiro atoms. The molecule has 0 aromatic heterocycles. The van der Waals surface area contributed by atoms with E-state index in [9.17, 15) is 4.79 Å². The van der Waals surface area contributed by atoms with Gasteiger partial charge in [0.05, 0.1) is 0 Å². The molecule has 0 aromatic carbocycles. The van der Waals surface area contributed by atoms with Gasteiger partial charge in [-0.05, 0) is 31.6 Å². The van der Waals surface area contributed by atoms with Gasteiger partial charge in [-0.3, -0.25) is 4.79 Å². The van der Waals surface area contributed by atoms with Gasteiger partial charge in [0.1, 0.15) is 5.60 Å². The molecule has 2 heteroatoms. The monoisotopic (exact) mass is 184 g/mol. The van der Waals surface area contributed by atoms with Gasteiger partial charge in [-0.15, -0.1) is 0 Å². The lowest BCUT2D eigenvalue weighted by Gasteiger charge is -2.39. The van der Waals surface area contributed by atoms with Crippen molar-refractivity contribution in [3.8, 4) is 0 Å². The largest absolute Gasteiger partial charge is 0.370 e. The van der Waals surface area contributed by atoms with Crippen LogP contribution in [0.1, 0.15) is 46.0 Å². The Balaban J connectivity index is 2.37. The maximum atomic E-state index is 11.8. The Morgan fingerprint density at radius 3 is 2.38 bits per heavy atom. The molecule has 0 unspecified atom stereocenters. The first-order valence-electron chi connectivity index (χ1n) is 5.19. The van der Waals surface area contributed by atoms with Crippen LogP contribution in [0.25, 0.3) is 0 Å². The molecule has 0 radical (unpaired) electrons. The summed E-state index contributed by atoms with van der Waals surface area (Å²) < 4.78 is 5.32. The predicted molar refractivity (Wildman–Crippen MR) is 52.7 cm³/mol. The molecule has 1 rings (SSSR count). The van der Waals surface area contributed by atoms with Gasteiger partial charge in [-0.25, -0.2) is 0 Å². The molecule has 1 fully saturated rings. The summed E-state index contributed by atoms with van der Waals surface area (Å²) in [5.74, 6) is 0.924. The summed E-state index contributed by atoms with van der Waals surface area (Å²) in [5, 5.41) is 0. The van der Waals surface area contributed by atoms with Crippen molar-refractivity contribution in [1.29, 1.82) is 0 Å². The second-order valence-corrected chi connectivity index (χ2v) is 4.41. The van der Waals surface area contributed by atoms with Gasteiger partial charge in [-0.2, -0.15) is 0 Å². The van der Waals surface area contributed by atoms with E-state index in [1.165, 1.54) is 0 Å². The number of carbonyl (C=O) groups excluding carboxylic acids is 1. The summed E-state index contributed by atoms with van der Waals surface area (Å²) in [6.07, 6.45) is 4.68. The molecule has 2 nitrogen and oxygen atoms in total. The summed E-state index contributed by atoms with van der Waals surface area (Å²) in [4.78, 5) is 11.8. The van der Waals surface area contributed by atoms with Crippen LogP contribution in [0.4, 0.5) is 0 Å². The number of carbonyl (C=O) groups is 1. The summed E-state index contributed by atoms with van der Waals surface area (Å²) >= 11 is 0. The summed E-state index contributed by atoms with van der Waals surface area (Å²) in [7, 11) is 1.66. The van der Waals surface area contributed by atoms with E-state index < -0.39 is 0 Å². The van der Waals surface area contributed by atoms with E-state index in [4.69, 9.17) is 4.74 Å². The van der Waals surface area contributed by atoms with E-state index in [0.29, 0.717) is 18.1 Å². The molecule has 0 aliphatic heterocycles. The minimum Gasteiger partial charge on any atom is -0.370 e. The molecular weight excluding hydrogens is 164 g/mol. The molecule has 0 atom stereocenters. The van der Waals surface area contributed by atoms with Crippen LogP contribution in [0, 0.1) is 5.92 Å². The van der Waals surface area contributed by atoms with Gasteiger partial charge in [0, 0.05) is 13.5 Å². The van der Waals surface area contributed by atoms with Gasteiger partial charge >= 0.3 is 0 Å². The first-order valence-corrected chi connectivity index (χ1v) is 5.19. The highest BCUT2D eigenvalue weighted by molar-refractivity contribution is 5.88. The fraction of sp³-hybridized carbons (Fsp3) is 0.909. The van der Waals surface area contributed by atoms with E-state index in [0.717, 1.165) is 25.7 Å². The molecule has 0 bridgehead atoms. The van der Waals surface area contributed by atoms with Crippen molar-refractivity contribution in [3.63, 3.8) is 0 Å². The van der Waals surface area contributed by atoms with Crippen LogP contribution in [0.5, 0.6) is 0 Å². The maximum absolute atomic E-state index is 11.8. The second kappa shape index (κ2) is 4.23. The Morgan fingerprint density at radius 2 is 2.08 bits per heavy atom. The van der Waals surface area contributed by atoms with E-state index in [2.05, 4.69) is 13.8 Å². The lowest BCUT2D eigenvalue weighted by Crippen LogP contribution is -2.47. The molecule has 0 N–H and O–H groups in total. The van der Waals surface area contributed by atoms with Crippen LogP contribution in [-0.2, 0) is 9.53 Å². The van der Waals surface area contributed by atoms with Crippen LogP contribution in [-0.4, -0.2) is 18.5 Å². The number of ether oxygens (including phenoxy) is 1. The average molecular weight is 184 g/mol. The molecule has 13 heavy (non-hydrogen) atoms. The third-order valence-electron chi connectivity index (χ3n) is 3.01. The third kappa shape index (κ3) is 2.31. The Hall–Kier alpha value is -0.370. The minimum atomic E-state index is -0.380. The van der Waals surface area contributed by atoms with Crippen molar-refractivity contribution in [1.82, 2.24) is 0 Å². The van der Waals surface area contributed by atoms with Crippen molar-refractivity contribution in [2.45, 2.75) is 51.6 Å². The average Bonchev–Trinajstić information content (AvgIpc) is 2.00. The van der Waals surface area contributed by atoms with Gasteiger partial charge in [0.15, 0.2) is 5.78 Å². The number of hydrogen-bond donors (Lipinski definition) is 0. The molecule has 0 amide bonds. The summed E-state index contributed by atoms with van der Waals surface area (Å²) in [6.45, 7) is 4.29.